The maximum absolute atomic E-state index is 4.22. The molecular formula is C10H17N. The molecule has 1 heteroatoms. The molecule has 1 nitrogen and oxygen atoms in total. The number of hydrogen-bond acceptors (Lipinski definition) is 1. The maximum atomic E-state index is 4.22. The summed E-state index contributed by atoms with van der Waals surface area (Å²) in [7, 11) is 1.88. The molecule has 1 aliphatic rings. The molecule has 0 aliphatic heterocycles. The zero-order valence-electron chi connectivity index (χ0n) is 7.78. The standard InChI is InChI=1S/C10H17N/c1-8-6-4-5-7-10(8)9(2)11-3/h4-7H2,1-3H3. The van der Waals surface area contributed by atoms with Gasteiger partial charge in [0.1, 0.15) is 0 Å². The van der Waals surface area contributed by atoms with E-state index in [1.165, 1.54) is 37.0 Å². The third-order valence-electron chi connectivity index (χ3n) is 2.52. The molecule has 62 valence electrons. The van der Waals surface area contributed by atoms with Crippen molar-refractivity contribution >= 4 is 5.71 Å². The molecule has 0 N–H and O–H groups in total. The van der Waals surface area contributed by atoms with E-state index in [0.717, 1.165) is 0 Å². The lowest BCUT2D eigenvalue weighted by molar-refractivity contribution is 0.687. The quantitative estimate of drug-likeness (QED) is 0.511. The lowest BCUT2D eigenvalue weighted by Gasteiger charge is -2.16. The fourth-order valence-corrected chi connectivity index (χ4v) is 1.68. The molecule has 11 heavy (non-hydrogen) atoms. The largest absolute Gasteiger partial charge is 0.293 e. The first-order valence-corrected chi connectivity index (χ1v) is 4.38. The molecule has 1 rings (SSSR count). The molecule has 0 saturated carbocycles. The highest BCUT2D eigenvalue weighted by Crippen LogP contribution is 2.24. The molecule has 0 heterocycles. The average Bonchev–Trinajstić information content (AvgIpc) is 2.04. The predicted molar refractivity (Wildman–Crippen MR) is 50.2 cm³/mol. The van der Waals surface area contributed by atoms with Crippen LogP contribution in [0, 0.1) is 0 Å². The minimum absolute atomic E-state index is 1.24. The minimum Gasteiger partial charge on any atom is -0.293 e. The molecule has 0 aromatic carbocycles. The van der Waals surface area contributed by atoms with E-state index in [1.807, 2.05) is 7.05 Å². The van der Waals surface area contributed by atoms with Crippen LogP contribution in [0.15, 0.2) is 16.1 Å². The Hall–Kier alpha value is -0.590. The number of nitrogens with zero attached hydrogens (tertiary/aromatic N) is 1. The first-order valence-electron chi connectivity index (χ1n) is 4.38. The first-order chi connectivity index (χ1) is 5.25. The van der Waals surface area contributed by atoms with Crippen molar-refractivity contribution in [2.75, 3.05) is 7.05 Å². The van der Waals surface area contributed by atoms with Crippen LogP contribution in [0.4, 0.5) is 0 Å². The summed E-state index contributed by atoms with van der Waals surface area (Å²) in [6, 6.07) is 0. The topological polar surface area (TPSA) is 12.4 Å². The van der Waals surface area contributed by atoms with Gasteiger partial charge in [0.15, 0.2) is 0 Å². The van der Waals surface area contributed by atoms with Gasteiger partial charge in [-0.05, 0) is 45.1 Å². The SMILES string of the molecule is CN=C(C)C1=C(C)CCCC1. The summed E-state index contributed by atoms with van der Waals surface area (Å²) in [6.07, 6.45) is 5.24. The number of hydrogen-bond donors (Lipinski definition) is 0. The molecule has 0 radical (unpaired) electrons. The summed E-state index contributed by atoms with van der Waals surface area (Å²) in [4.78, 5) is 4.22. The monoisotopic (exact) mass is 151 g/mol. The molecule has 0 fully saturated rings. The molecule has 0 aromatic heterocycles. The van der Waals surface area contributed by atoms with Gasteiger partial charge < -0.3 is 0 Å². The van der Waals surface area contributed by atoms with E-state index in [1.54, 1.807) is 5.57 Å². The Morgan fingerprint density at radius 2 is 1.91 bits per heavy atom. The Bertz CT molecular complexity index is 199. The predicted octanol–water partition coefficient (Wildman–Crippen LogP) is 2.97. The second-order valence-corrected chi connectivity index (χ2v) is 3.28. The summed E-state index contributed by atoms with van der Waals surface area (Å²) in [5.74, 6) is 0. The summed E-state index contributed by atoms with van der Waals surface area (Å²) in [5.41, 5.74) is 4.31. The van der Waals surface area contributed by atoms with Crippen LogP contribution < -0.4 is 0 Å². The smallest absolute Gasteiger partial charge is 0.0345 e. The molecular weight excluding hydrogens is 134 g/mol. The van der Waals surface area contributed by atoms with Gasteiger partial charge in [-0.25, -0.2) is 0 Å². The van der Waals surface area contributed by atoms with E-state index in [0.29, 0.717) is 0 Å². The second-order valence-electron chi connectivity index (χ2n) is 3.28. The lowest BCUT2D eigenvalue weighted by atomic mass is 9.90. The maximum Gasteiger partial charge on any atom is 0.0345 e. The first kappa shape index (κ1) is 8.51. The normalized spacial score (nSPS) is 20.8. The highest BCUT2D eigenvalue weighted by molar-refractivity contribution is 5.98. The van der Waals surface area contributed by atoms with Gasteiger partial charge in [-0.2, -0.15) is 0 Å². The van der Waals surface area contributed by atoms with Gasteiger partial charge in [0.05, 0.1) is 0 Å². The van der Waals surface area contributed by atoms with Crippen LogP contribution in [0.1, 0.15) is 39.5 Å². The molecule has 0 bridgehead atoms. The fourth-order valence-electron chi connectivity index (χ4n) is 1.68. The van der Waals surface area contributed by atoms with Crippen LogP contribution in [0.5, 0.6) is 0 Å². The summed E-state index contributed by atoms with van der Waals surface area (Å²) in [6.45, 7) is 4.35. The van der Waals surface area contributed by atoms with Gasteiger partial charge in [0.2, 0.25) is 0 Å². The van der Waals surface area contributed by atoms with Crippen molar-refractivity contribution in [3.63, 3.8) is 0 Å². The van der Waals surface area contributed by atoms with Crippen molar-refractivity contribution in [2.45, 2.75) is 39.5 Å². The molecule has 0 atom stereocenters. The lowest BCUT2D eigenvalue weighted by Crippen LogP contribution is -2.05. The molecule has 0 spiro atoms. The van der Waals surface area contributed by atoms with Crippen molar-refractivity contribution < 1.29 is 0 Å². The van der Waals surface area contributed by atoms with E-state index in [4.69, 9.17) is 0 Å². The zero-order valence-corrected chi connectivity index (χ0v) is 7.78. The number of rotatable bonds is 1. The van der Waals surface area contributed by atoms with Gasteiger partial charge >= 0.3 is 0 Å². The highest BCUT2D eigenvalue weighted by atomic mass is 14.7. The second kappa shape index (κ2) is 3.70. The Kier molecular flexibility index (Phi) is 2.86. The third kappa shape index (κ3) is 1.92. The van der Waals surface area contributed by atoms with Gasteiger partial charge in [0.25, 0.3) is 0 Å². The zero-order chi connectivity index (χ0) is 8.27. The Morgan fingerprint density at radius 1 is 1.27 bits per heavy atom. The molecule has 0 saturated heterocycles. The van der Waals surface area contributed by atoms with Crippen LogP contribution in [0.3, 0.4) is 0 Å². The Labute approximate surface area is 69.2 Å². The molecule has 1 aliphatic carbocycles. The van der Waals surface area contributed by atoms with Crippen LogP contribution in [-0.4, -0.2) is 12.8 Å². The fraction of sp³-hybridized carbons (Fsp3) is 0.700. The summed E-state index contributed by atoms with van der Waals surface area (Å²) in [5, 5.41) is 0. The van der Waals surface area contributed by atoms with Crippen molar-refractivity contribution in [1.29, 1.82) is 0 Å². The minimum atomic E-state index is 1.24. The van der Waals surface area contributed by atoms with Crippen LogP contribution in [0.2, 0.25) is 0 Å². The van der Waals surface area contributed by atoms with Crippen molar-refractivity contribution in [3.8, 4) is 0 Å². The van der Waals surface area contributed by atoms with Gasteiger partial charge in [0, 0.05) is 12.8 Å². The van der Waals surface area contributed by atoms with Crippen molar-refractivity contribution in [1.82, 2.24) is 0 Å². The third-order valence-corrected chi connectivity index (χ3v) is 2.52. The Balaban J connectivity index is 2.82. The van der Waals surface area contributed by atoms with Crippen molar-refractivity contribution in [2.24, 2.45) is 4.99 Å². The molecule has 0 aromatic rings. The van der Waals surface area contributed by atoms with E-state index in [9.17, 15) is 0 Å². The van der Waals surface area contributed by atoms with E-state index in [2.05, 4.69) is 18.8 Å². The highest BCUT2D eigenvalue weighted by Gasteiger charge is 2.10. The van der Waals surface area contributed by atoms with E-state index < -0.39 is 0 Å². The van der Waals surface area contributed by atoms with Gasteiger partial charge in [-0.3, -0.25) is 4.99 Å². The molecule has 0 amide bonds. The molecule has 0 unspecified atom stereocenters. The number of allylic oxidation sites excluding steroid dienone is 2. The van der Waals surface area contributed by atoms with Crippen molar-refractivity contribution in [3.05, 3.63) is 11.1 Å². The average molecular weight is 151 g/mol. The summed E-state index contributed by atoms with van der Waals surface area (Å²) < 4.78 is 0. The van der Waals surface area contributed by atoms with E-state index >= 15 is 0 Å². The van der Waals surface area contributed by atoms with Crippen LogP contribution in [0.25, 0.3) is 0 Å². The van der Waals surface area contributed by atoms with Gasteiger partial charge in [-0.15, -0.1) is 0 Å². The van der Waals surface area contributed by atoms with E-state index in [-0.39, 0.29) is 0 Å². The summed E-state index contributed by atoms with van der Waals surface area (Å²) >= 11 is 0. The Morgan fingerprint density at radius 3 is 2.45 bits per heavy atom. The van der Waals surface area contributed by atoms with Crippen LogP contribution in [-0.2, 0) is 0 Å². The number of aliphatic imine (C=N–C) groups is 1. The van der Waals surface area contributed by atoms with Crippen LogP contribution >= 0.6 is 0 Å². The van der Waals surface area contributed by atoms with Gasteiger partial charge in [-0.1, -0.05) is 5.57 Å².